The summed E-state index contributed by atoms with van der Waals surface area (Å²) in [5.41, 5.74) is 0.236. The molecule has 0 radical (unpaired) electrons. The number of hydrogen-bond donors (Lipinski definition) is 2. The van der Waals surface area contributed by atoms with Crippen molar-refractivity contribution in [3.63, 3.8) is 0 Å². The van der Waals surface area contributed by atoms with Gasteiger partial charge in [-0.2, -0.15) is 17.5 Å². The zero-order valence-electron chi connectivity index (χ0n) is 21.4. The third-order valence-electron chi connectivity index (χ3n) is 8.49. The van der Waals surface area contributed by atoms with Gasteiger partial charge >= 0.3 is 6.18 Å². The van der Waals surface area contributed by atoms with Gasteiger partial charge in [-0.3, -0.25) is 4.79 Å². The number of hydrogen-bond acceptors (Lipinski definition) is 7. The van der Waals surface area contributed by atoms with Gasteiger partial charge in [-0.15, -0.1) is 0 Å². The number of alkyl halides is 3. The second kappa shape index (κ2) is 11.4. The van der Waals surface area contributed by atoms with Crippen LogP contribution in [0.5, 0.6) is 0 Å². The fourth-order valence-electron chi connectivity index (χ4n) is 6.47. The van der Waals surface area contributed by atoms with E-state index in [9.17, 15) is 26.4 Å². The number of aromatic nitrogens is 1. The Morgan fingerprint density at radius 1 is 1.05 bits per heavy atom. The van der Waals surface area contributed by atoms with Gasteiger partial charge in [-0.05, 0) is 70.3 Å². The molecule has 2 bridgehead atoms. The molecule has 9 nitrogen and oxygen atoms in total. The van der Waals surface area contributed by atoms with E-state index in [-0.39, 0.29) is 59.8 Å². The van der Waals surface area contributed by atoms with Gasteiger partial charge in [-0.1, -0.05) is 5.16 Å². The number of nitrogens with zero attached hydrogens (tertiary/aromatic N) is 2. The quantitative estimate of drug-likeness (QED) is 0.421. The fraction of sp³-hybridized carbons (Fsp3) is 0.840. The lowest BCUT2D eigenvalue weighted by Gasteiger charge is -2.39. The molecule has 1 aromatic heterocycles. The Hall–Kier alpha value is -1.70. The van der Waals surface area contributed by atoms with Crippen LogP contribution in [0.15, 0.2) is 10.6 Å². The van der Waals surface area contributed by atoms with E-state index in [0.29, 0.717) is 38.4 Å². The lowest BCUT2D eigenvalue weighted by Crippen LogP contribution is -2.53. The van der Waals surface area contributed by atoms with Crippen LogP contribution in [-0.4, -0.2) is 79.6 Å². The number of fused-ring (bicyclic) bond motifs is 2. The van der Waals surface area contributed by atoms with Gasteiger partial charge in [-0.25, -0.2) is 8.42 Å². The van der Waals surface area contributed by atoms with E-state index in [1.807, 2.05) is 0 Å². The van der Waals surface area contributed by atoms with E-state index < -0.39 is 22.6 Å². The Kier molecular flexibility index (Phi) is 8.37. The molecule has 13 heteroatoms. The number of carbonyl (C=O) groups is 1. The van der Waals surface area contributed by atoms with Gasteiger partial charge in [0, 0.05) is 36.7 Å². The van der Waals surface area contributed by atoms with Gasteiger partial charge in [0.15, 0.2) is 5.69 Å². The summed E-state index contributed by atoms with van der Waals surface area (Å²) in [6, 6.07) is 1.47. The van der Waals surface area contributed by atoms with Gasteiger partial charge in [0.05, 0.1) is 24.9 Å². The van der Waals surface area contributed by atoms with Crippen LogP contribution in [0.2, 0.25) is 0 Å². The molecule has 3 aliphatic heterocycles. The van der Waals surface area contributed by atoms with Crippen LogP contribution in [-0.2, 0) is 14.8 Å². The second-order valence-corrected chi connectivity index (χ2v) is 13.3. The van der Waals surface area contributed by atoms with Crippen LogP contribution in [0.1, 0.15) is 86.4 Å². The molecule has 2 N–H and O–H groups in total. The zero-order valence-corrected chi connectivity index (χ0v) is 22.2. The van der Waals surface area contributed by atoms with E-state index in [1.165, 1.54) is 0 Å². The predicted octanol–water partition coefficient (Wildman–Crippen LogP) is 3.33. The number of nitrogens with one attached hydrogen (secondary N) is 2. The molecule has 1 saturated carbocycles. The summed E-state index contributed by atoms with van der Waals surface area (Å²) in [5, 5.41) is 10.1. The molecule has 1 aliphatic carbocycles. The van der Waals surface area contributed by atoms with Crippen molar-refractivity contribution in [2.45, 2.75) is 100 Å². The highest BCUT2D eigenvalue weighted by molar-refractivity contribution is 7.89. The molecule has 3 atom stereocenters. The SMILES string of the molecule is O=C(NC1C[C@H]2CC[C@@H](C1)N2S(=O)(=O)CC1CCC(NCCCC(F)(F)F)CC1)c1cc(C2COC2)on1. The number of rotatable bonds is 10. The van der Waals surface area contributed by atoms with Gasteiger partial charge in [0.1, 0.15) is 5.76 Å². The van der Waals surface area contributed by atoms with Gasteiger partial charge in [0.25, 0.3) is 5.91 Å². The zero-order chi connectivity index (χ0) is 26.9. The third-order valence-corrected chi connectivity index (χ3v) is 10.6. The number of ether oxygens (including phenoxy) is 1. The van der Waals surface area contributed by atoms with Crippen molar-refractivity contribution >= 4 is 15.9 Å². The highest BCUT2D eigenvalue weighted by Crippen LogP contribution is 2.39. The Morgan fingerprint density at radius 3 is 2.34 bits per heavy atom. The van der Waals surface area contributed by atoms with Crippen LogP contribution in [0.4, 0.5) is 13.2 Å². The molecule has 214 valence electrons. The highest BCUT2D eigenvalue weighted by atomic mass is 32.2. The van der Waals surface area contributed by atoms with Gasteiger partial charge in [0.2, 0.25) is 10.0 Å². The van der Waals surface area contributed by atoms with Crippen LogP contribution < -0.4 is 10.6 Å². The minimum atomic E-state index is -4.13. The first-order valence-corrected chi connectivity index (χ1v) is 15.3. The summed E-state index contributed by atoms with van der Waals surface area (Å²) in [4.78, 5) is 12.7. The lowest BCUT2D eigenvalue weighted by atomic mass is 9.87. The number of amides is 1. The molecule has 4 fully saturated rings. The molecule has 4 aliphatic rings. The van der Waals surface area contributed by atoms with Crippen LogP contribution in [0.25, 0.3) is 0 Å². The average Bonchev–Trinajstić information content (AvgIpc) is 3.39. The molecule has 38 heavy (non-hydrogen) atoms. The Bertz CT molecular complexity index is 1060. The second-order valence-electron chi connectivity index (χ2n) is 11.4. The molecule has 0 aromatic carbocycles. The summed E-state index contributed by atoms with van der Waals surface area (Å²) in [6.07, 6.45) is 0.972. The largest absolute Gasteiger partial charge is 0.389 e. The highest BCUT2D eigenvalue weighted by Gasteiger charge is 2.47. The molecule has 5 rings (SSSR count). The maximum atomic E-state index is 13.4. The Morgan fingerprint density at radius 2 is 1.74 bits per heavy atom. The molecule has 4 heterocycles. The molecule has 1 unspecified atom stereocenters. The topological polar surface area (TPSA) is 114 Å². The summed E-state index contributed by atoms with van der Waals surface area (Å²) in [5.74, 6) is 0.665. The maximum Gasteiger partial charge on any atom is 0.389 e. The van der Waals surface area contributed by atoms with Crippen molar-refractivity contribution in [1.29, 1.82) is 0 Å². The van der Waals surface area contributed by atoms with Gasteiger partial charge < -0.3 is 19.9 Å². The predicted molar refractivity (Wildman–Crippen MR) is 132 cm³/mol. The fourth-order valence-corrected chi connectivity index (χ4v) is 8.86. The molecular weight excluding hydrogens is 525 g/mol. The number of sulfonamides is 1. The van der Waals surface area contributed by atoms with Crippen molar-refractivity contribution in [3.05, 3.63) is 17.5 Å². The first-order chi connectivity index (χ1) is 18.1. The van der Waals surface area contributed by atoms with Crippen molar-refractivity contribution in [1.82, 2.24) is 20.1 Å². The normalized spacial score (nSPS) is 30.8. The Labute approximate surface area is 221 Å². The number of carbonyl (C=O) groups excluding carboxylic acids is 1. The van der Waals surface area contributed by atoms with Crippen LogP contribution in [0, 0.1) is 5.92 Å². The summed E-state index contributed by atoms with van der Waals surface area (Å²) in [7, 11) is -3.44. The van der Waals surface area contributed by atoms with E-state index in [0.717, 1.165) is 38.5 Å². The summed E-state index contributed by atoms with van der Waals surface area (Å²) < 4.78 is 76.0. The summed E-state index contributed by atoms with van der Waals surface area (Å²) in [6.45, 7) is 1.46. The van der Waals surface area contributed by atoms with Crippen molar-refractivity contribution in [3.8, 4) is 0 Å². The number of halogens is 3. The molecule has 1 aromatic rings. The standard InChI is InChI=1S/C25H37F3N4O5S/c26-25(27,28)8-1-9-29-18-4-2-16(3-5-18)15-38(34,35)32-20-6-7-21(32)11-19(10-20)30-24(33)22-12-23(37-31-22)17-13-36-14-17/h12,16-21,29H,1-11,13-15H2,(H,30,33)/t16?,18?,19?,20-,21+. The van der Waals surface area contributed by atoms with Crippen LogP contribution in [0.3, 0.4) is 0 Å². The molecule has 3 saturated heterocycles. The number of piperidine rings is 1. The van der Waals surface area contributed by atoms with E-state index >= 15 is 0 Å². The average molecular weight is 563 g/mol. The summed E-state index contributed by atoms with van der Waals surface area (Å²) >= 11 is 0. The molecule has 1 amide bonds. The van der Waals surface area contributed by atoms with Crippen molar-refractivity contribution in [2.75, 3.05) is 25.5 Å². The smallest absolute Gasteiger partial charge is 0.380 e. The molecular formula is C25H37F3N4O5S. The van der Waals surface area contributed by atoms with E-state index in [2.05, 4.69) is 15.8 Å². The minimum absolute atomic E-state index is 0.0620. The minimum Gasteiger partial charge on any atom is -0.380 e. The molecule has 0 spiro atoms. The lowest BCUT2D eigenvalue weighted by molar-refractivity contribution is -0.135. The third kappa shape index (κ3) is 6.71. The maximum absolute atomic E-state index is 13.4. The van der Waals surface area contributed by atoms with Crippen LogP contribution >= 0.6 is 0 Å². The first-order valence-electron chi connectivity index (χ1n) is 13.7. The van der Waals surface area contributed by atoms with E-state index in [1.54, 1.807) is 10.4 Å². The monoisotopic (exact) mass is 562 g/mol. The van der Waals surface area contributed by atoms with Crippen molar-refractivity contribution < 1.29 is 35.6 Å². The first kappa shape index (κ1) is 27.9. The van der Waals surface area contributed by atoms with E-state index in [4.69, 9.17) is 9.26 Å². The van der Waals surface area contributed by atoms with Crippen molar-refractivity contribution in [2.24, 2.45) is 5.92 Å². The Balaban J connectivity index is 1.07.